The minimum Gasteiger partial charge on any atom is -0.350 e. The topological polar surface area (TPSA) is 70.2 Å². The highest BCUT2D eigenvalue weighted by atomic mass is 35.5. The van der Waals surface area contributed by atoms with E-state index in [-0.39, 0.29) is 11.9 Å². The number of hydrogen-bond acceptors (Lipinski definition) is 2. The number of rotatable bonds is 5. The summed E-state index contributed by atoms with van der Waals surface area (Å²) in [5, 5.41) is 8.98. The van der Waals surface area contributed by atoms with E-state index in [1.165, 1.54) is 6.07 Å². The first-order valence-electron chi connectivity index (χ1n) is 8.14. The van der Waals surface area contributed by atoms with Gasteiger partial charge in [0.1, 0.15) is 0 Å². The second-order valence-electron chi connectivity index (χ2n) is 6.04. The van der Waals surface area contributed by atoms with Gasteiger partial charge in [-0.3, -0.25) is 4.79 Å². The minimum atomic E-state index is -0.316. The molecule has 0 aliphatic carbocycles. The fraction of sp³-hybridized carbons (Fsp3) is 0.263. The normalized spacial score (nSPS) is 10.3. The third-order valence-electron chi connectivity index (χ3n) is 3.79. The zero-order valence-corrected chi connectivity index (χ0v) is 16.4. The molecule has 2 rings (SSSR count). The van der Waals surface area contributed by atoms with Crippen LogP contribution < -0.4 is 16.0 Å². The summed E-state index contributed by atoms with van der Waals surface area (Å²) in [5.74, 6) is -0.281. The monoisotopic (exact) mass is 393 g/mol. The van der Waals surface area contributed by atoms with Crippen LogP contribution in [0, 0.1) is 20.8 Å². The lowest BCUT2D eigenvalue weighted by atomic mass is 10.1. The summed E-state index contributed by atoms with van der Waals surface area (Å²) < 4.78 is 0. The van der Waals surface area contributed by atoms with Gasteiger partial charge in [-0.2, -0.15) is 0 Å². The van der Waals surface area contributed by atoms with Crippen molar-refractivity contribution in [3.8, 4) is 0 Å². The molecule has 2 aromatic rings. The predicted molar refractivity (Wildman–Crippen MR) is 106 cm³/mol. The molecule has 0 unspecified atom stereocenters. The Bertz CT molecular complexity index is 815. The standard InChI is InChI=1S/C19H21Cl2N3O2/c1-11-8-12(2)17(13(3)9-11)24-19(26)23-7-6-22-18(25)14-4-5-15(20)16(21)10-14/h4-5,8-10H,6-7H2,1-3H3,(H,22,25)(H2,23,24,26). The van der Waals surface area contributed by atoms with Crippen LogP contribution in [0.5, 0.6) is 0 Å². The molecule has 0 aliphatic rings. The van der Waals surface area contributed by atoms with Gasteiger partial charge >= 0.3 is 6.03 Å². The SMILES string of the molecule is Cc1cc(C)c(NC(=O)NCCNC(=O)c2ccc(Cl)c(Cl)c2)c(C)c1. The van der Waals surface area contributed by atoms with Gasteiger partial charge < -0.3 is 16.0 Å². The average Bonchev–Trinajstić information content (AvgIpc) is 2.57. The van der Waals surface area contributed by atoms with E-state index < -0.39 is 0 Å². The highest BCUT2D eigenvalue weighted by Gasteiger charge is 2.09. The zero-order chi connectivity index (χ0) is 19.3. The van der Waals surface area contributed by atoms with E-state index in [0.29, 0.717) is 28.7 Å². The van der Waals surface area contributed by atoms with Crippen LogP contribution in [0.4, 0.5) is 10.5 Å². The lowest BCUT2D eigenvalue weighted by Crippen LogP contribution is -2.37. The van der Waals surface area contributed by atoms with Crippen LogP contribution in [0.25, 0.3) is 0 Å². The first-order chi connectivity index (χ1) is 12.3. The van der Waals surface area contributed by atoms with Gasteiger partial charge in [-0.05, 0) is 50.1 Å². The summed E-state index contributed by atoms with van der Waals surface area (Å²) in [7, 11) is 0. The highest BCUT2D eigenvalue weighted by molar-refractivity contribution is 6.42. The van der Waals surface area contributed by atoms with Crippen LogP contribution in [-0.4, -0.2) is 25.0 Å². The third kappa shape index (κ3) is 5.38. The molecule has 138 valence electrons. The molecule has 2 aromatic carbocycles. The zero-order valence-electron chi connectivity index (χ0n) is 14.9. The molecule has 0 saturated carbocycles. The van der Waals surface area contributed by atoms with Crippen LogP contribution in [0.3, 0.4) is 0 Å². The molecule has 0 aliphatic heterocycles. The van der Waals surface area contributed by atoms with Crippen molar-refractivity contribution in [1.29, 1.82) is 0 Å². The Balaban J connectivity index is 1.80. The highest BCUT2D eigenvalue weighted by Crippen LogP contribution is 2.23. The molecule has 0 atom stereocenters. The van der Waals surface area contributed by atoms with Crippen molar-refractivity contribution in [2.45, 2.75) is 20.8 Å². The first-order valence-corrected chi connectivity index (χ1v) is 8.89. The molecule has 0 fully saturated rings. The summed E-state index contributed by atoms with van der Waals surface area (Å²) in [4.78, 5) is 24.1. The predicted octanol–water partition coefficient (Wildman–Crippen LogP) is 4.47. The van der Waals surface area contributed by atoms with E-state index in [4.69, 9.17) is 23.2 Å². The van der Waals surface area contributed by atoms with Gasteiger partial charge in [-0.15, -0.1) is 0 Å². The Kier molecular flexibility index (Phi) is 6.89. The van der Waals surface area contributed by atoms with Gasteiger partial charge in [-0.25, -0.2) is 4.79 Å². The number of anilines is 1. The molecule has 0 radical (unpaired) electrons. The van der Waals surface area contributed by atoms with Crippen LogP contribution in [0.1, 0.15) is 27.0 Å². The molecule has 3 N–H and O–H groups in total. The van der Waals surface area contributed by atoms with Gasteiger partial charge in [0.05, 0.1) is 10.0 Å². The largest absolute Gasteiger partial charge is 0.350 e. The Morgan fingerprint density at radius 3 is 2.12 bits per heavy atom. The number of carbonyl (C=O) groups excluding carboxylic acids is 2. The van der Waals surface area contributed by atoms with Crippen molar-refractivity contribution >= 4 is 40.8 Å². The van der Waals surface area contributed by atoms with Crippen molar-refractivity contribution in [1.82, 2.24) is 10.6 Å². The Labute approximate surface area is 163 Å². The molecule has 0 bridgehead atoms. The molecule has 0 saturated heterocycles. The van der Waals surface area contributed by atoms with Crippen molar-refractivity contribution in [3.63, 3.8) is 0 Å². The number of amides is 3. The molecule has 7 heteroatoms. The van der Waals surface area contributed by atoms with Gasteiger partial charge in [0.25, 0.3) is 5.91 Å². The van der Waals surface area contributed by atoms with Crippen LogP contribution in [-0.2, 0) is 0 Å². The number of carbonyl (C=O) groups is 2. The lowest BCUT2D eigenvalue weighted by molar-refractivity contribution is 0.0954. The molecule has 0 spiro atoms. The maximum atomic E-state index is 12.0. The van der Waals surface area contributed by atoms with E-state index >= 15 is 0 Å². The third-order valence-corrected chi connectivity index (χ3v) is 4.53. The van der Waals surface area contributed by atoms with Gasteiger partial charge in [-0.1, -0.05) is 40.9 Å². The lowest BCUT2D eigenvalue weighted by Gasteiger charge is -2.14. The molecule has 0 aromatic heterocycles. The van der Waals surface area contributed by atoms with Gasteiger partial charge in [0, 0.05) is 24.3 Å². The fourth-order valence-corrected chi connectivity index (χ4v) is 2.92. The van der Waals surface area contributed by atoms with E-state index in [2.05, 4.69) is 16.0 Å². The van der Waals surface area contributed by atoms with Crippen LogP contribution in [0.15, 0.2) is 30.3 Å². The summed E-state index contributed by atoms with van der Waals surface area (Å²) in [6, 6.07) is 8.37. The second-order valence-corrected chi connectivity index (χ2v) is 6.85. The fourth-order valence-electron chi connectivity index (χ4n) is 2.63. The van der Waals surface area contributed by atoms with Crippen molar-refractivity contribution in [2.24, 2.45) is 0 Å². The summed E-state index contributed by atoms with van der Waals surface area (Å²) in [6.45, 7) is 6.50. The molecule has 0 heterocycles. The van der Waals surface area contributed by atoms with Crippen LogP contribution in [0.2, 0.25) is 10.0 Å². The summed E-state index contributed by atoms with van der Waals surface area (Å²) in [6.07, 6.45) is 0. The maximum absolute atomic E-state index is 12.0. The number of aryl methyl sites for hydroxylation is 3. The number of hydrogen-bond donors (Lipinski definition) is 3. The van der Waals surface area contributed by atoms with E-state index in [0.717, 1.165) is 22.4 Å². The van der Waals surface area contributed by atoms with E-state index in [9.17, 15) is 9.59 Å². The minimum absolute atomic E-state index is 0.281. The van der Waals surface area contributed by atoms with Crippen molar-refractivity contribution < 1.29 is 9.59 Å². The van der Waals surface area contributed by atoms with Gasteiger partial charge in [0.15, 0.2) is 0 Å². The van der Waals surface area contributed by atoms with E-state index in [1.54, 1.807) is 12.1 Å². The smallest absolute Gasteiger partial charge is 0.319 e. The van der Waals surface area contributed by atoms with E-state index in [1.807, 2.05) is 32.9 Å². The van der Waals surface area contributed by atoms with Crippen LogP contribution >= 0.6 is 23.2 Å². The second kappa shape index (κ2) is 8.92. The average molecular weight is 394 g/mol. The number of benzene rings is 2. The molecule has 26 heavy (non-hydrogen) atoms. The molecular weight excluding hydrogens is 373 g/mol. The molecule has 5 nitrogen and oxygen atoms in total. The van der Waals surface area contributed by atoms with Gasteiger partial charge in [0.2, 0.25) is 0 Å². The Morgan fingerprint density at radius 2 is 1.50 bits per heavy atom. The Morgan fingerprint density at radius 1 is 0.885 bits per heavy atom. The quantitative estimate of drug-likeness (QED) is 0.655. The van der Waals surface area contributed by atoms with Crippen molar-refractivity contribution in [2.75, 3.05) is 18.4 Å². The number of urea groups is 1. The summed E-state index contributed by atoms with van der Waals surface area (Å²) in [5.41, 5.74) is 4.37. The Hall–Kier alpha value is -2.24. The maximum Gasteiger partial charge on any atom is 0.319 e. The molecule has 3 amide bonds. The molecular formula is C19H21Cl2N3O2. The number of halogens is 2. The number of nitrogens with one attached hydrogen (secondary N) is 3. The van der Waals surface area contributed by atoms with Crippen molar-refractivity contribution in [3.05, 3.63) is 62.6 Å². The summed E-state index contributed by atoms with van der Waals surface area (Å²) >= 11 is 11.7. The first kappa shape index (κ1) is 20.1.